The molecule has 0 atom stereocenters. The van der Waals surface area contributed by atoms with Crippen LogP contribution < -0.4 is 5.30 Å². The van der Waals surface area contributed by atoms with E-state index < -0.39 is 7.60 Å². The number of pyridine rings is 1. The van der Waals surface area contributed by atoms with E-state index in [0.29, 0.717) is 10.2 Å². The van der Waals surface area contributed by atoms with Gasteiger partial charge in [0.1, 0.15) is 11.0 Å². The number of halogens is 1. The maximum absolute atomic E-state index is 11.3. The molecule has 2 heterocycles. The zero-order valence-corrected chi connectivity index (χ0v) is 11.3. The van der Waals surface area contributed by atoms with Gasteiger partial charge in [0.25, 0.3) is 0 Å². The molecule has 0 unspecified atom stereocenters. The summed E-state index contributed by atoms with van der Waals surface area (Å²) in [5.74, 6) is 0.0916. The van der Waals surface area contributed by atoms with E-state index in [1.807, 2.05) is 0 Å². The summed E-state index contributed by atoms with van der Waals surface area (Å²) in [7, 11) is -4.36. The third kappa shape index (κ3) is 2.50. The van der Waals surface area contributed by atoms with Crippen LogP contribution in [0, 0.1) is 6.92 Å². The second-order valence-electron chi connectivity index (χ2n) is 3.46. The van der Waals surface area contributed by atoms with Crippen molar-refractivity contribution in [1.29, 1.82) is 0 Å². The monoisotopic (exact) mass is 317 g/mol. The molecule has 90 valence electrons. The molecule has 2 aromatic heterocycles. The number of hydrogen-bond acceptors (Lipinski definition) is 3. The predicted octanol–water partition coefficient (Wildman–Crippen LogP) is 2.22. The summed E-state index contributed by atoms with van der Waals surface area (Å²) in [5, 5.41) is -0.156. The Morgan fingerprint density at radius 1 is 1.35 bits per heavy atom. The molecule has 0 radical (unpaired) electrons. The molecular formula is C10H9BrNO4P. The van der Waals surface area contributed by atoms with E-state index in [2.05, 4.69) is 20.9 Å². The quantitative estimate of drug-likeness (QED) is 0.830. The first-order valence-corrected chi connectivity index (χ1v) is 7.07. The van der Waals surface area contributed by atoms with Crippen molar-refractivity contribution in [3.8, 4) is 11.5 Å². The first-order valence-electron chi connectivity index (χ1n) is 4.66. The third-order valence-corrected chi connectivity index (χ3v) is 3.78. The smallest absolute Gasteiger partial charge is 0.360 e. The van der Waals surface area contributed by atoms with Gasteiger partial charge in [-0.3, -0.25) is 4.57 Å². The second-order valence-corrected chi connectivity index (χ2v) is 5.89. The van der Waals surface area contributed by atoms with Crippen molar-refractivity contribution in [3.05, 3.63) is 34.6 Å². The topological polar surface area (TPSA) is 83.6 Å². The Balaban J connectivity index is 2.66. The molecule has 5 nitrogen and oxygen atoms in total. The van der Waals surface area contributed by atoms with Gasteiger partial charge in [-0.1, -0.05) is 0 Å². The summed E-state index contributed by atoms with van der Waals surface area (Å²) in [6.45, 7) is 1.79. The van der Waals surface area contributed by atoms with E-state index in [1.165, 1.54) is 12.3 Å². The minimum Gasteiger partial charge on any atom is -0.462 e. The Hall–Kier alpha value is -0.940. The molecule has 0 aliphatic carbocycles. The van der Waals surface area contributed by atoms with E-state index in [0.717, 1.165) is 5.69 Å². The van der Waals surface area contributed by atoms with Crippen molar-refractivity contribution in [3.63, 3.8) is 0 Å². The molecule has 0 amide bonds. The number of hydrogen-bond donors (Lipinski definition) is 2. The standard InChI is InChI=1S/C10H9BrNO4P/c1-6-2-3-7(11)9(12-6)10-8(4-5-16-10)17(13,14)15/h2-5H,1H3,(H2,13,14,15). The van der Waals surface area contributed by atoms with Crippen LogP contribution in [0.15, 0.2) is 33.4 Å². The maximum Gasteiger partial charge on any atom is 0.360 e. The highest BCUT2D eigenvalue weighted by Crippen LogP contribution is 2.39. The van der Waals surface area contributed by atoms with Crippen molar-refractivity contribution < 1.29 is 18.8 Å². The van der Waals surface area contributed by atoms with Crippen molar-refractivity contribution in [2.75, 3.05) is 0 Å². The predicted molar refractivity (Wildman–Crippen MR) is 66.1 cm³/mol. The highest BCUT2D eigenvalue weighted by molar-refractivity contribution is 9.10. The Morgan fingerprint density at radius 3 is 2.71 bits per heavy atom. The van der Waals surface area contributed by atoms with Crippen LogP contribution in [0.2, 0.25) is 0 Å². The summed E-state index contributed by atoms with van der Waals surface area (Å²) in [6, 6.07) is 4.80. The van der Waals surface area contributed by atoms with Crippen LogP contribution in [-0.2, 0) is 4.57 Å². The van der Waals surface area contributed by atoms with Crippen molar-refractivity contribution in [1.82, 2.24) is 4.98 Å². The fraction of sp³-hybridized carbons (Fsp3) is 0.100. The Morgan fingerprint density at radius 2 is 2.06 bits per heavy atom. The molecule has 0 aromatic carbocycles. The van der Waals surface area contributed by atoms with E-state index in [-0.39, 0.29) is 11.1 Å². The Labute approximate surface area is 106 Å². The van der Waals surface area contributed by atoms with Gasteiger partial charge in [0.2, 0.25) is 0 Å². The second kappa shape index (κ2) is 4.38. The van der Waals surface area contributed by atoms with Gasteiger partial charge in [0, 0.05) is 10.2 Å². The number of aryl methyl sites for hydroxylation is 1. The molecule has 0 saturated carbocycles. The molecule has 0 bridgehead atoms. The van der Waals surface area contributed by atoms with Crippen LogP contribution in [0.1, 0.15) is 5.69 Å². The average Bonchev–Trinajstić information content (AvgIpc) is 2.69. The van der Waals surface area contributed by atoms with Gasteiger partial charge >= 0.3 is 7.60 Å². The highest BCUT2D eigenvalue weighted by Gasteiger charge is 2.26. The number of rotatable bonds is 2. The molecule has 0 aliphatic rings. The first-order chi connectivity index (χ1) is 7.89. The largest absolute Gasteiger partial charge is 0.462 e. The van der Waals surface area contributed by atoms with Gasteiger partial charge in [-0.2, -0.15) is 0 Å². The van der Waals surface area contributed by atoms with Crippen LogP contribution in [-0.4, -0.2) is 14.8 Å². The Bertz CT molecular complexity index is 604. The molecule has 0 fully saturated rings. The van der Waals surface area contributed by atoms with Gasteiger partial charge in [-0.05, 0) is 41.1 Å². The van der Waals surface area contributed by atoms with Crippen molar-refractivity contribution in [2.45, 2.75) is 6.92 Å². The van der Waals surface area contributed by atoms with E-state index in [1.54, 1.807) is 19.1 Å². The molecule has 2 aromatic rings. The van der Waals surface area contributed by atoms with Crippen molar-refractivity contribution >= 4 is 28.8 Å². The van der Waals surface area contributed by atoms with Crippen LogP contribution in [0.5, 0.6) is 0 Å². The lowest BCUT2D eigenvalue weighted by molar-refractivity contribution is 0.387. The van der Waals surface area contributed by atoms with Crippen LogP contribution >= 0.6 is 23.5 Å². The van der Waals surface area contributed by atoms with Crippen LogP contribution in [0.3, 0.4) is 0 Å². The molecule has 7 heteroatoms. The fourth-order valence-corrected chi connectivity index (χ4v) is 2.49. The zero-order chi connectivity index (χ0) is 12.6. The van der Waals surface area contributed by atoms with E-state index >= 15 is 0 Å². The molecule has 17 heavy (non-hydrogen) atoms. The molecule has 2 rings (SSSR count). The number of nitrogens with zero attached hydrogens (tertiary/aromatic N) is 1. The fourth-order valence-electron chi connectivity index (χ4n) is 1.41. The lowest BCUT2D eigenvalue weighted by Gasteiger charge is -2.06. The Kier molecular flexibility index (Phi) is 3.23. The summed E-state index contributed by atoms with van der Waals surface area (Å²) in [6.07, 6.45) is 1.24. The average molecular weight is 318 g/mol. The number of furan rings is 1. The lowest BCUT2D eigenvalue weighted by atomic mass is 10.2. The summed E-state index contributed by atoms with van der Waals surface area (Å²) in [5.41, 5.74) is 1.12. The van der Waals surface area contributed by atoms with Crippen LogP contribution in [0.4, 0.5) is 0 Å². The van der Waals surface area contributed by atoms with Gasteiger partial charge in [-0.15, -0.1) is 0 Å². The minimum absolute atomic E-state index is 0.0916. The molecule has 2 N–H and O–H groups in total. The van der Waals surface area contributed by atoms with Gasteiger partial charge in [0.15, 0.2) is 5.76 Å². The zero-order valence-electron chi connectivity index (χ0n) is 8.79. The van der Waals surface area contributed by atoms with Crippen LogP contribution in [0.25, 0.3) is 11.5 Å². The SMILES string of the molecule is Cc1ccc(Br)c(-c2occc2P(=O)(O)O)n1. The first kappa shape index (κ1) is 12.5. The third-order valence-electron chi connectivity index (χ3n) is 2.16. The number of aromatic nitrogens is 1. The normalized spacial score (nSPS) is 11.8. The molecule has 0 aliphatic heterocycles. The van der Waals surface area contributed by atoms with E-state index in [4.69, 9.17) is 4.42 Å². The summed E-state index contributed by atoms with van der Waals surface area (Å²) < 4.78 is 17.0. The molecule has 0 saturated heterocycles. The van der Waals surface area contributed by atoms with Crippen molar-refractivity contribution in [2.24, 2.45) is 0 Å². The minimum atomic E-state index is -4.36. The maximum atomic E-state index is 11.3. The van der Waals surface area contributed by atoms with E-state index in [9.17, 15) is 14.4 Å². The van der Waals surface area contributed by atoms with Gasteiger partial charge in [-0.25, -0.2) is 4.98 Å². The lowest BCUT2D eigenvalue weighted by Crippen LogP contribution is -2.05. The summed E-state index contributed by atoms with van der Waals surface area (Å²) in [4.78, 5) is 22.6. The van der Waals surface area contributed by atoms with Gasteiger partial charge in [0.05, 0.1) is 6.26 Å². The highest BCUT2D eigenvalue weighted by atomic mass is 79.9. The molecule has 0 spiro atoms. The summed E-state index contributed by atoms with van der Waals surface area (Å²) >= 11 is 3.28. The van der Waals surface area contributed by atoms with Gasteiger partial charge < -0.3 is 14.2 Å². The molecular weight excluding hydrogens is 309 g/mol.